The summed E-state index contributed by atoms with van der Waals surface area (Å²) < 4.78 is 0. The molecule has 0 aromatic carbocycles. The van der Waals surface area contributed by atoms with Gasteiger partial charge in [-0.25, -0.2) is 0 Å². The first kappa shape index (κ1) is 15.1. The molecule has 0 bridgehead atoms. The normalized spacial score (nSPS) is 57.9. The molecule has 0 saturated heterocycles. The van der Waals surface area contributed by atoms with E-state index in [2.05, 4.69) is 13.8 Å². The van der Waals surface area contributed by atoms with E-state index in [-0.39, 0.29) is 23.0 Å². The van der Waals surface area contributed by atoms with Crippen molar-refractivity contribution in [2.24, 2.45) is 34.5 Å². The molecule has 4 aliphatic rings. The molecular formula is C19H30O3. The number of fused-ring (bicyclic) bond motifs is 5. The molecule has 0 aliphatic heterocycles. The molecule has 2 N–H and O–H groups in total. The largest absolute Gasteiger partial charge is 0.393 e. The maximum absolute atomic E-state index is 12.4. The molecule has 8 atom stereocenters. The molecule has 22 heavy (non-hydrogen) atoms. The van der Waals surface area contributed by atoms with Crippen molar-refractivity contribution in [3.05, 3.63) is 0 Å². The lowest BCUT2D eigenvalue weighted by molar-refractivity contribution is -0.171. The van der Waals surface area contributed by atoms with Crippen molar-refractivity contribution in [1.29, 1.82) is 0 Å². The fraction of sp³-hybridized carbons (Fsp3) is 0.947. The van der Waals surface area contributed by atoms with Gasteiger partial charge in [-0.05, 0) is 74.0 Å². The number of aliphatic hydroxyl groups is 2. The number of hydrogen-bond acceptors (Lipinski definition) is 3. The summed E-state index contributed by atoms with van der Waals surface area (Å²) >= 11 is 0. The summed E-state index contributed by atoms with van der Waals surface area (Å²) in [6.45, 7) is 4.57. The number of Topliss-reactive ketones (excluding diaryl/α,β-unsaturated/α-hetero) is 1. The molecule has 4 rings (SSSR count). The SMILES string of the molecule is C[C@]12CCC3C(C1CCC2=O)[C@@H](O)C[C@H]1C[C@@H](O)CC[C@]31C. The first-order valence-electron chi connectivity index (χ1n) is 9.25. The van der Waals surface area contributed by atoms with Gasteiger partial charge in [0.2, 0.25) is 0 Å². The molecule has 4 saturated carbocycles. The van der Waals surface area contributed by atoms with Crippen LogP contribution < -0.4 is 0 Å². The number of carbonyl (C=O) groups excluding carboxylic acids is 1. The number of ketones is 1. The van der Waals surface area contributed by atoms with Crippen LogP contribution in [0.25, 0.3) is 0 Å². The lowest BCUT2D eigenvalue weighted by Gasteiger charge is -2.61. The zero-order valence-electron chi connectivity index (χ0n) is 13.9. The second-order valence-corrected chi connectivity index (χ2v) is 9.14. The van der Waals surface area contributed by atoms with Gasteiger partial charge in [-0.2, -0.15) is 0 Å². The summed E-state index contributed by atoms with van der Waals surface area (Å²) in [4.78, 5) is 12.4. The lowest BCUT2D eigenvalue weighted by Crippen LogP contribution is -2.58. The predicted octanol–water partition coefficient (Wildman–Crippen LogP) is 2.93. The van der Waals surface area contributed by atoms with E-state index < -0.39 is 0 Å². The van der Waals surface area contributed by atoms with Gasteiger partial charge >= 0.3 is 0 Å². The fourth-order valence-electron chi connectivity index (χ4n) is 6.97. The summed E-state index contributed by atoms with van der Waals surface area (Å²) in [6.07, 6.45) is 7.03. The number of carbonyl (C=O) groups is 1. The van der Waals surface area contributed by atoms with Crippen LogP contribution in [0.2, 0.25) is 0 Å². The van der Waals surface area contributed by atoms with Crippen molar-refractivity contribution < 1.29 is 15.0 Å². The van der Waals surface area contributed by atoms with Crippen molar-refractivity contribution in [1.82, 2.24) is 0 Å². The molecule has 4 fully saturated rings. The van der Waals surface area contributed by atoms with Gasteiger partial charge in [0.25, 0.3) is 0 Å². The van der Waals surface area contributed by atoms with E-state index in [0.717, 1.165) is 51.4 Å². The molecular weight excluding hydrogens is 276 g/mol. The Labute approximate surface area is 133 Å². The molecule has 3 heteroatoms. The Kier molecular flexibility index (Phi) is 3.30. The van der Waals surface area contributed by atoms with Crippen molar-refractivity contribution in [2.45, 2.75) is 77.4 Å². The van der Waals surface area contributed by atoms with E-state index in [9.17, 15) is 15.0 Å². The summed E-state index contributed by atoms with van der Waals surface area (Å²) in [5.41, 5.74) is 0.0929. The Morgan fingerprint density at radius 2 is 1.77 bits per heavy atom. The summed E-state index contributed by atoms with van der Waals surface area (Å²) in [6, 6.07) is 0. The van der Waals surface area contributed by atoms with Gasteiger partial charge in [0.05, 0.1) is 12.2 Å². The molecule has 3 nitrogen and oxygen atoms in total. The third kappa shape index (κ3) is 1.84. The second-order valence-electron chi connectivity index (χ2n) is 9.14. The average Bonchev–Trinajstić information content (AvgIpc) is 2.77. The maximum Gasteiger partial charge on any atom is 0.139 e. The van der Waals surface area contributed by atoms with Gasteiger partial charge in [0.1, 0.15) is 5.78 Å². The Bertz CT molecular complexity index is 489. The van der Waals surface area contributed by atoms with Crippen LogP contribution in [0.3, 0.4) is 0 Å². The Hall–Kier alpha value is -0.410. The average molecular weight is 306 g/mol. The highest BCUT2D eigenvalue weighted by atomic mass is 16.3. The van der Waals surface area contributed by atoms with Gasteiger partial charge in [-0.1, -0.05) is 13.8 Å². The van der Waals surface area contributed by atoms with Crippen molar-refractivity contribution >= 4 is 5.78 Å². The van der Waals surface area contributed by atoms with Gasteiger partial charge in [-0.3, -0.25) is 4.79 Å². The van der Waals surface area contributed by atoms with E-state index in [4.69, 9.17) is 0 Å². The monoisotopic (exact) mass is 306 g/mol. The highest BCUT2D eigenvalue weighted by Crippen LogP contribution is 2.65. The summed E-state index contributed by atoms with van der Waals surface area (Å²) in [7, 11) is 0. The summed E-state index contributed by atoms with van der Waals surface area (Å²) in [5.74, 6) is 2.13. The Morgan fingerprint density at radius 1 is 1.00 bits per heavy atom. The molecule has 0 amide bonds. The van der Waals surface area contributed by atoms with E-state index in [1.165, 1.54) is 0 Å². The van der Waals surface area contributed by atoms with Crippen LogP contribution in [0.1, 0.15) is 65.2 Å². The minimum absolute atomic E-state index is 0.167. The standard InChI is InChI=1S/C19H30O3/c1-18-7-5-12(20)9-11(18)10-15(21)17-13-3-4-16(22)19(13,2)8-6-14(17)18/h11-15,17,20-21H,3-10H2,1-2H3/t11-,12+,13?,14?,15+,17?,18+,19+/m1/s1. The maximum atomic E-state index is 12.4. The van der Waals surface area contributed by atoms with Crippen LogP contribution in [-0.2, 0) is 4.79 Å². The van der Waals surface area contributed by atoms with Gasteiger partial charge in [0.15, 0.2) is 0 Å². The molecule has 0 aromatic rings. The molecule has 4 aliphatic carbocycles. The van der Waals surface area contributed by atoms with E-state index >= 15 is 0 Å². The zero-order valence-corrected chi connectivity index (χ0v) is 13.9. The summed E-state index contributed by atoms with van der Waals surface area (Å²) in [5, 5.41) is 20.9. The van der Waals surface area contributed by atoms with E-state index in [1.807, 2.05) is 0 Å². The lowest BCUT2D eigenvalue weighted by atomic mass is 9.44. The minimum Gasteiger partial charge on any atom is -0.393 e. The molecule has 0 spiro atoms. The predicted molar refractivity (Wildman–Crippen MR) is 84.1 cm³/mol. The van der Waals surface area contributed by atoms with Gasteiger partial charge < -0.3 is 10.2 Å². The molecule has 124 valence electrons. The first-order valence-corrected chi connectivity index (χ1v) is 9.25. The smallest absolute Gasteiger partial charge is 0.139 e. The Balaban J connectivity index is 1.69. The van der Waals surface area contributed by atoms with Crippen LogP contribution in [-0.4, -0.2) is 28.2 Å². The first-order chi connectivity index (χ1) is 10.4. The third-order valence-corrected chi connectivity index (χ3v) is 8.36. The van der Waals surface area contributed by atoms with Crippen molar-refractivity contribution in [3.8, 4) is 0 Å². The van der Waals surface area contributed by atoms with Crippen molar-refractivity contribution in [3.63, 3.8) is 0 Å². The number of aliphatic hydroxyl groups excluding tert-OH is 2. The van der Waals surface area contributed by atoms with Crippen molar-refractivity contribution in [2.75, 3.05) is 0 Å². The highest BCUT2D eigenvalue weighted by Gasteiger charge is 2.62. The van der Waals surface area contributed by atoms with Crippen LogP contribution >= 0.6 is 0 Å². The minimum atomic E-state index is -0.274. The van der Waals surface area contributed by atoms with Gasteiger partial charge in [-0.15, -0.1) is 0 Å². The Morgan fingerprint density at radius 3 is 2.55 bits per heavy atom. The highest BCUT2D eigenvalue weighted by molar-refractivity contribution is 5.87. The topological polar surface area (TPSA) is 57.5 Å². The van der Waals surface area contributed by atoms with Crippen LogP contribution in [0.5, 0.6) is 0 Å². The molecule has 3 unspecified atom stereocenters. The third-order valence-electron chi connectivity index (χ3n) is 8.36. The number of rotatable bonds is 0. The van der Waals surface area contributed by atoms with E-state index in [1.54, 1.807) is 0 Å². The second kappa shape index (κ2) is 4.80. The molecule has 0 heterocycles. The zero-order chi connectivity index (χ0) is 15.7. The quantitative estimate of drug-likeness (QED) is 0.723. The van der Waals surface area contributed by atoms with Crippen LogP contribution in [0, 0.1) is 34.5 Å². The van der Waals surface area contributed by atoms with Crippen LogP contribution in [0.15, 0.2) is 0 Å². The molecule has 0 aromatic heterocycles. The fourth-order valence-corrected chi connectivity index (χ4v) is 6.97. The van der Waals surface area contributed by atoms with Crippen LogP contribution in [0.4, 0.5) is 0 Å². The number of hydrogen-bond donors (Lipinski definition) is 2. The van der Waals surface area contributed by atoms with Gasteiger partial charge in [0, 0.05) is 11.8 Å². The molecule has 0 radical (unpaired) electrons. The van der Waals surface area contributed by atoms with E-state index in [0.29, 0.717) is 29.5 Å².